The Hall–Kier alpha value is -3.45. The molecule has 29 heavy (non-hydrogen) atoms. The molecule has 2 N–H and O–H groups in total. The second-order valence-electron chi connectivity index (χ2n) is 6.31. The lowest BCUT2D eigenvalue weighted by atomic mass is 10.1. The molecule has 0 fully saturated rings. The summed E-state index contributed by atoms with van der Waals surface area (Å²) in [5, 5.41) is 7.04. The summed E-state index contributed by atoms with van der Waals surface area (Å²) in [6.45, 7) is 3.74. The van der Waals surface area contributed by atoms with Gasteiger partial charge < -0.3 is 10.1 Å². The van der Waals surface area contributed by atoms with Gasteiger partial charge in [0.2, 0.25) is 0 Å². The molecule has 0 atom stereocenters. The smallest absolute Gasteiger partial charge is 0.281 e. The minimum absolute atomic E-state index is 0.222. The van der Waals surface area contributed by atoms with Gasteiger partial charge in [-0.3, -0.25) is 9.59 Å². The summed E-state index contributed by atoms with van der Waals surface area (Å²) >= 11 is 1.42. The molecule has 6 nitrogen and oxygen atoms in total. The van der Waals surface area contributed by atoms with Crippen LogP contribution in [0.3, 0.4) is 0 Å². The Labute approximate surface area is 173 Å². The number of methoxy groups -OCH3 is 1. The van der Waals surface area contributed by atoms with Crippen LogP contribution in [-0.2, 0) is 0 Å². The number of benzene rings is 2. The third kappa shape index (κ3) is 5.30. The number of thiophene rings is 1. The molecule has 0 unspecified atom stereocenters. The fourth-order valence-corrected chi connectivity index (χ4v) is 3.34. The first-order valence-electron chi connectivity index (χ1n) is 8.93. The van der Waals surface area contributed by atoms with E-state index in [1.807, 2.05) is 31.2 Å². The second-order valence-corrected chi connectivity index (χ2v) is 7.60. The number of carbonyl (C=O) groups is 2. The second kappa shape index (κ2) is 9.16. The van der Waals surface area contributed by atoms with Crippen molar-refractivity contribution in [3.05, 3.63) is 81.5 Å². The van der Waals surface area contributed by atoms with E-state index >= 15 is 0 Å². The van der Waals surface area contributed by atoms with Gasteiger partial charge in [0.1, 0.15) is 5.75 Å². The van der Waals surface area contributed by atoms with Crippen LogP contribution in [0, 0.1) is 6.92 Å². The van der Waals surface area contributed by atoms with Crippen molar-refractivity contribution < 1.29 is 14.3 Å². The molecule has 0 saturated heterocycles. The number of hydrogen-bond donors (Lipinski definition) is 2. The minimum Gasteiger partial charge on any atom is -0.497 e. The third-order valence-corrected chi connectivity index (χ3v) is 5.18. The average molecular weight is 407 g/mol. The maximum Gasteiger partial charge on any atom is 0.281 e. The van der Waals surface area contributed by atoms with Crippen molar-refractivity contribution >= 4 is 34.6 Å². The number of carbonyl (C=O) groups excluding carboxylic acids is 2. The van der Waals surface area contributed by atoms with Gasteiger partial charge in [-0.25, -0.2) is 5.43 Å². The van der Waals surface area contributed by atoms with Gasteiger partial charge in [0.25, 0.3) is 11.8 Å². The van der Waals surface area contributed by atoms with E-state index in [1.54, 1.807) is 50.4 Å². The molecule has 7 heteroatoms. The van der Waals surface area contributed by atoms with E-state index in [0.717, 1.165) is 10.4 Å². The maximum absolute atomic E-state index is 12.4. The Morgan fingerprint density at radius 3 is 2.38 bits per heavy atom. The van der Waals surface area contributed by atoms with Gasteiger partial charge >= 0.3 is 0 Å². The molecule has 2 amide bonds. The minimum atomic E-state index is -0.244. The van der Waals surface area contributed by atoms with Crippen LogP contribution in [0.25, 0.3) is 0 Å². The zero-order valence-corrected chi connectivity index (χ0v) is 17.2. The Kier molecular flexibility index (Phi) is 6.41. The molecule has 0 radical (unpaired) electrons. The van der Waals surface area contributed by atoms with Crippen LogP contribution >= 0.6 is 11.3 Å². The summed E-state index contributed by atoms with van der Waals surface area (Å²) in [5.41, 5.74) is 5.16. The number of ether oxygens (including phenoxy) is 1. The highest BCUT2D eigenvalue weighted by Crippen LogP contribution is 2.16. The summed E-state index contributed by atoms with van der Waals surface area (Å²) in [5.74, 6) is 0.224. The normalized spacial score (nSPS) is 11.1. The van der Waals surface area contributed by atoms with Gasteiger partial charge in [-0.15, -0.1) is 11.3 Å². The summed E-state index contributed by atoms with van der Waals surface area (Å²) in [4.78, 5) is 26.2. The average Bonchev–Trinajstić information content (AvgIpc) is 3.18. The van der Waals surface area contributed by atoms with Gasteiger partial charge in [0.15, 0.2) is 0 Å². The van der Waals surface area contributed by atoms with Crippen molar-refractivity contribution in [2.24, 2.45) is 5.10 Å². The number of amides is 2. The van der Waals surface area contributed by atoms with Gasteiger partial charge in [-0.05, 0) is 67.9 Å². The van der Waals surface area contributed by atoms with Crippen molar-refractivity contribution in [3.8, 4) is 5.75 Å². The highest BCUT2D eigenvalue weighted by atomic mass is 32.1. The largest absolute Gasteiger partial charge is 0.497 e. The molecule has 0 aliphatic carbocycles. The van der Waals surface area contributed by atoms with Gasteiger partial charge in [0.05, 0.1) is 17.7 Å². The van der Waals surface area contributed by atoms with E-state index in [-0.39, 0.29) is 11.8 Å². The summed E-state index contributed by atoms with van der Waals surface area (Å²) < 4.78 is 5.10. The van der Waals surface area contributed by atoms with E-state index in [0.29, 0.717) is 27.6 Å². The Bertz CT molecular complexity index is 1060. The molecule has 3 aromatic rings. The first-order chi connectivity index (χ1) is 14.0. The van der Waals surface area contributed by atoms with Gasteiger partial charge in [0, 0.05) is 16.1 Å². The lowest BCUT2D eigenvalue weighted by Crippen LogP contribution is -2.18. The summed E-state index contributed by atoms with van der Waals surface area (Å²) in [6.07, 6.45) is 0. The first-order valence-corrected chi connectivity index (χ1v) is 9.75. The Balaban J connectivity index is 1.67. The SMILES string of the molecule is COc1ccc(C(=O)Nc2cccc(/C(C)=N/NC(=O)c3ccc(C)s3)c2)cc1. The Morgan fingerprint density at radius 1 is 0.966 bits per heavy atom. The number of anilines is 1. The molecule has 0 saturated carbocycles. The highest BCUT2D eigenvalue weighted by Gasteiger charge is 2.09. The zero-order chi connectivity index (χ0) is 20.8. The standard InChI is InChI=1S/C22H21N3O3S/c1-14-7-12-20(29-14)22(27)25-24-15(2)17-5-4-6-18(13-17)23-21(26)16-8-10-19(28-3)11-9-16/h4-13H,1-3H3,(H,23,26)(H,25,27)/b24-15+. The Morgan fingerprint density at radius 2 is 1.72 bits per heavy atom. The molecular formula is C22H21N3O3S. The van der Waals surface area contributed by atoms with Crippen LogP contribution in [-0.4, -0.2) is 24.6 Å². The molecule has 0 spiro atoms. The number of aryl methyl sites for hydroxylation is 1. The first kappa shape index (κ1) is 20.3. The number of nitrogens with one attached hydrogen (secondary N) is 2. The van der Waals surface area contributed by atoms with Crippen LogP contribution in [0.5, 0.6) is 5.75 Å². The van der Waals surface area contributed by atoms with E-state index in [9.17, 15) is 9.59 Å². The van der Waals surface area contributed by atoms with Crippen LogP contribution in [0.1, 0.15) is 37.4 Å². The lowest BCUT2D eigenvalue weighted by molar-refractivity contribution is 0.0958. The van der Waals surface area contributed by atoms with E-state index < -0.39 is 0 Å². The van der Waals surface area contributed by atoms with E-state index in [2.05, 4.69) is 15.8 Å². The quantitative estimate of drug-likeness (QED) is 0.467. The molecule has 148 valence electrons. The van der Waals surface area contributed by atoms with Crippen molar-refractivity contribution in [1.82, 2.24) is 5.43 Å². The third-order valence-electron chi connectivity index (χ3n) is 4.18. The molecule has 0 aliphatic rings. The van der Waals surface area contributed by atoms with Crippen molar-refractivity contribution in [1.29, 1.82) is 0 Å². The fourth-order valence-electron chi connectivity index (χ4n) is 2.58. The van der Waals surface area contributed by atoms with Crippen molar-refractivity contribution in [3.63, 3.8) is 0 Å². The fraction of sp³-hybridized carbons (Fsp3) is 0.136. The van der Waals surface area contributed by atoms with Crippen LogP contribution in [0.2, 0.25) is 0 Å². The summed E-state index contributed by atoms with van der Waals surface area (Å²) in [7, 11) is 1.58. The van der Waals surface area contributed by atoms with Crippen LogP contribution < -0.4 is 15.5 Å². The molecule has 2 aromatic carbocycles. The summed E-state index contributed by atoms with van der Waals surface area (Å²) in [6, 6.07) is 17.8. The molecule has 1 heterocycles. The lowest BCUT2D eigenvalue weighted by Gasteiger charge is -2.08. The number of rotatable bonds is 6. The molecule has 0 bridgehead atoms. The van der Waals surface area contributed by atoms with Crippen molar-refractivity contribution in [2.75, 3.05) is 12.4 Å². The monoisotopic (exact) mass is 407 g/mol. The maximum atomic E-state index is 12.4. The van der Waals surface area contributed by atoms with Crippen molar-refractivity contribution in [2.45, 2.75) is 13.8 Å². The predicted octanol–water partition coefficient (Wildman–Crippen LogP) is 4.47. The molecular weight excluding hydrogens is 386 g/mol. The molecule has 0 aliphatic heterocycles. The van der Waals surface area contributed by atoms with E-state index in [1.165, 1.54) is 11.3 Å². The topological polar surface area (TPSA) is 79.8 Å². The molecule has 3 rings (SSSR count). The van der Waals surface area contributed by atoms with Crippen LogP contribution in [0.4, 0.5) is 5.69 Å². The van der Waals surface area contributed by atoms with Crippen LogP contribution in [0.15, 0.2) is 65.8 Å². The predicted molar refractivity (Wildman–Crippen MR) is 116 cm³/mol. The number of hydrogen-bond acceptors (Lipinski definition) is 5. The van der Waals surface area contributed by atoms with E-state index in [4.69, 9.17) is 4.74 Å². The number of nitrogens with zero attached hydrogens (tertiary/aromatic N) is 1. The van der Waals surface area contributed by atoms with Gasteiger partial charge in [-0.2, -0.15) is 5.10 Å². The molecule has 1 aromatic heterocycles. The van der Waals surface area contributed by atoms with Gasteiger partial charge in [-0.1, -0.05) is 12.1 Å². The zero-order valence-electron chi connectivity index (χ0n) is 16.4. The highest BCUT2D eigenvalue weighted by molar-refractivity contribution is 7.13. The number of hydrazone groups is 1.